The Hall–Kier alpha value is -3.87. The summed E-state index contributed by atoms with van der Waals surface area (Å²) < 4.78 is 47.3. The highest BCUT2D eigenvalue weighted by Gasteiger charge is 2.50. The van der Waals surface area contributed by atoms with Gasteiger partial charge in [0.05, 0.1) is 42.0 Å². The predicted molar refractivity (Wildman–Crippen MR) is 155 cm³/mol. The number of hydrogen-bond donors (Lipinski definition) is 1. The van der Waals surface area contributed by atoms with Crippen molar-refractivity contribution in [2.24, 2.45) is 0 Å². The molecule has 2 aliphatic heterocycles. The van der Waals surface area contributed by atoms with E-state index in [1.807, 2.05) is 29.6 Å². The van der Waals surface area contributed by atoms with E-state index in [9.17, 15) is 28.0 Å². The molecule has 0 radical (unpaired) electrons. The highest BCUT2D eigenvalue weighted by molar-refractivity contribution is 9.10. The smallest absolute Gasteiger partial charge is 0.407 e. The number of hydrogen-bond acceptors (Lipinski definition) is 8. The molecule has 0 aliphatic carbocycles. The SMILES string of the molecule is CCC1(OC(=O)CCC(F)(F)CNC(=O)OC(C)(C)C)C(=O)OCc2c1cc1n(c2=O)Cc2cc3c(Br)cccc3nc2-1. The monoisotopic (exact) mass is 661 g/mol. The molecule has 1 N–H and O–H groups in total. The molecule has 1 amide bonds. The third kappa shape index (κ3) is 5.86. The van der Waals surface area contributed by atoms with Crippen LogP contribution in [-0.2, 0) is 42.6 Å². The lowest BCUT2D eigenvalue weighted by atomic mass is 9.85. The first-order valence-corrected chi connectivity index (χ1v) is 14.5. The lowest BCUT2D eigenvalue weighted by Crippen LogP contribution is -2.47. The summed E-state index contributed by atoms with van der Waals surface area (Å²) in [5.41, 5.74) is -0.507. The minimum absolute atomic E-state index is 0.102. The maximum atomic E-state index is 14.5. The molecule has 1 atom stereocenters. The van der Waals surface area contributed by atoms with Gasteiger partial charge in [-0.3, -0.25) is 9.59 Å². The number of halogens is 3. The van der Waals surface area contributed by atoms with Crippen molar-refractivity contribution in [3.8, 4) is 11.4 Å². The molecule has 0 saturated heterocycles. The van der Waals surface area contributed by atoms with Crippen LogP contribution >= 0.6 is 15.9 Å². The molecule has 5 rings (SSSR count). The minimum atomic E-state index is -3.47. The second kappa shape index (κ2) is 11.0. The minimum Gasteiger partial charge on any atom is -0.457 e. The Morgan fingerprint density at radius 3 is 2.65 bits per heavy atom. The molecule has 2 aliphatic rings. The fourth-order valence-electron chi connectivity index (χ4n) is 5.26. The maximum Gasteiger partial charge on any atom is 0.407 e. The number of esters is 2. The zero-order valence-corrected chi connectivity index (χ0v) is 25.6. The van der Waals surface area contributed by atoms with Gasteiger partial charge in [0.2, 0.25) is 5.60 Å². The van der Waals surface area contributed by atoms with Crippen molar-refractivity contribution in [2.45, 2.75) is 77.2 Å². The van der Waals surface area contributed by atoms with Crippen molar-refractivity contribution >= 4 is 44.9 Å². The third-order valence-corrected chi connectivity index (χ3v) is 8.03. The van der Waals surface area contributed by atoms with E-state index in [2.05, 4.69) is 15.9 Å². The van der Waals surface area contributed by atoms with E-state index >= 15 is 0 Å². The number of alkyl halides is 2. The van der Waals surface area contributed by atoms with Gasteiger partial charge in [-0.05, 0) is 51.5 Å². The second-order valence-corrected chi connectivity index (χ2v) is 12.4. The highest BCUT2D eigenvalue weighted by atomic mass is 79.9. The van der Waals surface area contributed by atoms with E-state index in [0.29, 0.717) is 16.9 Å². The lowest BCUT2D eigenvalue weighted by Gasteiger charge is -2.35. The van der Waals surface area contributed by atoms with Gasteiger partial charge in [-0.2, -0.15) is 0 Å². The number of nitrogens with zero attached hydrogens (tertiary/aromatic N) is 2. The summed E-state index contributed by atoms with van der Waals surface area (Å²) in [7, 11) is 0. The van der Waals surface area contributed by atoms with Crippen molar-refractivity contribution in [1.29, 1.82) is 0 Å². The van der Waals surface area contributed by atoms with Crippen molar-refractivity contribution in [1.82, 2.24) is 14.9 Å². The van der Waals surface area contributed by atoms with Gasteiger partial charge in [0, 0.05) is 27.4 Å². The fourth-order valence-corrected chi connectivity index (χ4v) is 5.73. The Morgan fingerprint density at radius 1 is 1.21 bits per heavy atom. The Bertz CT molecular complexity index is 1720. The van der Waals surface area contributed by atoms with Crippen molar-refractivity contribution in [3.63, 3.8) is 0 Å². The zero-order chi connectivity index (χ0) is 31.3. The summed E-state index contributed by atoms with van der Waals surface area (Å²) in [6.07, 6.45) is -2.84. The van der Waals surface area contributed by atoms with Crippen LogP contribution in [0.1, 0.15) is 63.6 Å². The number of aromatic nitrogens is 2. The number of benzene rings is 1. The molecule has 3 aromatic rings. The van der Waals surface area contributed by atoms with E-state index in [1.165, 1.54) is 4.57 Å². The molecule has 0 saturated carbocycles. The summed E-state index contributed by atoms with van der Waals surface area (Å²) in [5.74, 6) is -5.45. The van der Waals surface area contributed by atoms with Crippen LogP contribution in [0.5, 0.6) is 0 Å². The van der Waals surface area contributed by atoms with Gasteiger partial charge in [0.15, 0.2) is 0 Å². The number of carbonyl (C=O) groups is 3. The quantitative estimate of drug-likeness (QED) is 0.208. The fraction of sp³-hybridized carbons (Fsp3) is 0.433. The van der Waals surface area contributed by atoms with Gasteiger partial charge < -0.3 is 24.1 Å². The molecule has 228 valence electrons. The molecule has 13 heteroatoms. The molecule has 10 nitrogen and oxygen atoms in total. The number of pyridine rings is 2. The molecule has 1 unspecified atom stereocenters. The average molecular weight is 662 g/mol. The van der Waals surface area contributed by atoms with Crippen LogP contribution in [0.3, 0.4) is 0 Å². The second-order valence-electron chi connectivity index (χ2n) is 11.6. The topological polar surface area (TPSA) is 126 Å². The Balaban J connectivity index is 1.41. The molecule has 0 spiro atoms. The number of amides is 1. The number of fused-ring (bicyclic) bond motifs is 5. The number of rotatable bonds is 7. The molecule has 0 fully saturated rings. The van der Waals surface area contributed by atoms with Crippen LogP contribution in [0.4, 0.5) is 13.6 Å². The largest absolute Gasteiger partial charge is 0.457 e. The van der Waals surface area contributed by atoms with Crippen molar-refractivity contribution in [3.05, 3.63) is 61.8 Å². The zero-order valence-electron chi connectivity index (χ0n) is 24.0. The van der Waals surface area contributed by atoms with Gasteiger partial charge in [0.25, 0.3) is 11.5 Å². The number of ether oxygens (including phenoxy) is 3. The van der Waals surface area contributed by atoms with E-state index in [1.54, 1.807) is 33.8 Å². The molecule has 43 heavy (non-hydrogen) atoms. The summed E-state index contributed by atoms with van der Waals surface area (Å²) in [5, 5.41) is 2.87. The first kappa shape index (κ1) is 30.6. The van der Waals surface area contributed by atoms with Crippen molar-refractivity contribution < 1.29 is 37.4 Å². The first-order valence-electron chi connectivity index (χ1n) is 13.7. The van der Waals surface area contributed by atoms with Gasteiger partial charge in [0.1, 0.15) is 12.2 Å². The predicted octanol–water partition coefficient (Wildman–Crippen LogP) is 5.33. The standard InChI is InChI=1S/C30H30BrF2N3O7/c1-5-30(42-23(37)9-10-29(32,33)15-34-27(40)43-28(2,3)4)19-12-22-24-16(11-17-20(31)7-6-8-21(17)35-24)13-36(22)25(38)18(19)14-41-26(30)39/h6-8,11-12H,5,9-10,13-15H2,1-4H3,(H,34,40). The van der Waals surface area contributed by atoms with E-state index < -0.39 is 60.1 Å². The third-order valence-electron chi connectivity index (χ3n) is 7.34. The van der Waals surface area contributed by atoms with Crippen LogP contribution in [0.25, 0.3) is 22.3 Å². The molecular formula is C30H30BrF2N3O7. The Kier molecular flexibility index (Phi) is 7.82. The van der Waals surface area contributed by atoms with E-state index in [0.717, 1.165) is 15.4 Å². The molecule has 1 aromatic carbocycles. The summed E-state index contributed by atoms with van der Waals surface area (Å²) in [6.45, 7) is 5.23. The lowest BCUT2D eigenvalue weighted by molar-refractivity contribution is -0.190. The van der Waals surface area contributed by atoms with Crippen LogP contribution in [-0.4, -0.2) is 45.7 Å². The first-order chi connectivity index (χ1) is 20.1. The van der Waals surface area contributed by atoms with Crippen molar-refractivity contribution in [2.75, 3.05) is 6.54 Å². The summed E-state index contributed by atoms with van der Waals surface area (Å²) in [6, 6.07) is 9.13. The highest BCUT2D eigenvalue weighted by Crippen LogP contribution is 2.41. The summed E-state index contributed by atoms with van der Waals surface area (Å²) >= 11 is 3.53. The van der Waals surface area contributed by atoms with Crippen LogP contribution in [0.2, 0.25) is 0 Å². The van der Waals surface area contributed by atoms with Crippen LogP contribution in [0, 0.1) is 0 Å². The van der Waals surface area contributed by atoms with Gasteiger partial charge in [-0.1, -0.05) is 28.9 Å². The average Bonchev–Trinajstić information content (AvgIpc) is 3.29. The number of nitrogens with one attached hydrogen (secondary N) is 1. The van der Waals surface area contributed by atoms with Gasteiger partial charge in [-0.15, -0.1) is 0 Å². The summed E-state index contributed by atoms with van der Waals surface area (Å²) in [4.78, 5) is 56.3. The normalized spacial score (nSPS) is 17.5. The molecule has 4 heterocycles. The Morgan fingerprint density at radius 2 is 1.95 bits per heavy atom. The Labute approximate surface area is 253 Å². The van der Waals surface area contributed by atoms with E-state index in [4.69, 9.17) is 19.2 Å². The van der Waals surface area contributed by atoms with Gasteiger partial charge >= 0.3 is 18.0 Å². The van der Waals surface area contributed by atoms with Gasteiger partial charge in [-0.25, -0.2) is 23.4 Å². The van der Waals surface area contributed by atoms with E-state index in [-0.39, 0.29) is 30.7 Å². The molecule has 0 bridgehead atoms. The van der Waals surface area contributed by atoms with Crippen LogP contribution in [0.15, 0.2) is 39.6 Å². The van der Waals surface area contributed by atoms with Crippen LogP contribution < -0.4 is 10.9 Å². The number of cyclic esters (lactones) is 1. The number of alkyl carbamates (subject to hydrolysis) is 1. The molecule has 2 aromatic heterocycles. The maximum absolute atomic E-state index is 14.5. The number of carbonyl (C=O) groups excluding carboxylic acids is 3. The molecular weight excluding hydrogens is 632 g/mol.